The Bertz CT molecular complexity index is 938. The summed E-state index contributed by atoms with van der Waals surface area (Å²) < 4.78 is 1.08. The second-order valence-electron chi connectivity index (χ2n) is 9.11. The number of piperazine rings is 1. The highest BCUT2D eigenvalue weighted by molar-refractivity contribution is 9.11. The molecule has 2 aromatic rings. The van der Waals surface area contributed by atoms with Crippen LogP contribution in [0.3, 0.4) is 0 Å². The Balaban J connectivity index is 1.25. The van der Waals surface area contributed by atoms with E-state index < -0.39 is 0 Å². The summed E-state index contributed by atoms with van der Waals surface area (Å²) >= 11 is 5.24. The number of thiophene rings is 1. The third-order valence-corrected chi connectivity index (χ3v) is 8.59. The van der Waals surface area contributed by atoms with Crippen LogP contribution in [0.2, 0.25) is 0 Å². The molecule has 2 fully saturated rings. The first-order valence-electron chi connectivity index (χ1n) is 11.4. The number of amides is 1. The maximum atomic E-state index is 13.5. The summed E-state index contributed by atoms with van der Waals surface area (Å²) in [6.07, 6.45) is 6.56. The Morgan fingerprint density at radius 1 is 1.23 bits per heavy atom. The maximum Gasteiger partial charge on any atom is 0.232 e. The number of nitrogens with zero attached hydrogens (tertiary/aromatic N) is 4. The highest BCUT2D eigenvalue weighted by Crippen LogP contribution is 2.37. The van der Waals surface area contributed by atoms with Crippen LogP contribution in [0.5, 0.6) is 0 Å². The van der Waals surface area contributed by atoms with E-state index in [1.54, 1.807) is 17.7 Å². The molecule has 5 rings (SSSR count). The molecule has 31 heavy (non-hydrogen) atoms. The van der Waals surface area contributed by atoms with Crippen LogP contribution in [0.1, 0.15) is 54.2 Å². The van der Waals surface area contributed by atoms with Gasteiger partial charge in [0, 0.05) is 48.9 Å². The zero-order chi connectivity index (χ0) is 21.4. The second-order valence-corrected chi connectivity index (χ2v) is 11.6. The Hall–Kier alpha value is -1.51. The van der Waals surface area contributed by atoms with Gasteiger partial charge < -0.3 is 15.1 Å². The molecule has 2 aromatic heterocycles. The van der Waals surface area contributed by atoms with E-state index in [-0.39, 0.29) is 11.8 Å². The summed E-state index contributed by atoms with van der Waals surface area (Å²) in [6, 6.07) is 4.15. The SMILES string of the molecule is CC1CCc2ncnc(N3CCN(C(=O)C(CNCC4CC4)c4ccc(Br)s4)CC3)c21. The van der Waals surface area contributed by atoms with Crippen molar-refractivity contribution in [2.24, 2.45) is 5.92 Å². The van der Waals surface area contributed by atoms with E-state index in [2.05, 4.69) is 60.1 Å². The highest BCUT2D eigenvalue weighted by atomic mass is 79.9. The van der Waals surface area contributed by atoms with E-state index in [4.69, 9.17) is 0 Å². The average molecular weight is 504 g/mol. The number of aryl methyl sites for hydroxylation is 1. The van der Waals surface area contributed by atoms with Crippen LogP contribution in [-0.4, -0.2) is 60.0 Å². The lowest BCUT2D eigenvalue weighted by Crippen LogP contribution is -2.51. The van der Waals surface area contributed by atoms with Gasteiger partial charge in [-0.1, -0.05) is 6.92 Å². The lowest BCUT2D eigenvalue weighted by molar-refractivity contribution is -0.133. The Morgan fingerprint density at radius 3 is 2.74 bits per heavy atom. The van der Waals surface area contributed by atoms with E-state index in [1.165, 1.54) is 24.1 Å². The average Bonchev–Trinajstić information content (AvgIpc) is 3.40. The lowest BCUT2D eigenvalue weighted by atomic mass is 10.0. The maximum absolute atomic E-state index is 13.5. The van der Waals surface area contributed by atoms with Crippen LogP contribution >= 0.6 is 27.3 Å². The summed E-state index contributed by atoms with van der Waals surface area (Å²) in [5.74, 6) is 2.56. The van der Waals surface area contributed by atoms with Gasteiger partial charge in [0.25, 0.3) is 0 Å². The Labute approximate surface area is 196 Å². The fourth-order valence-electron chi connectivity index (χ4n) is 4.81. The van der Waals surface area contributed by atoms with Crippen molar-refractivity contribution in [1.82, 2.24) is 20.2 Å². The summed E-state index contributed by atoms with van der Waals surface area (Å²) in [5.41, 5.74) is 2.54. The molecule has 2 unspecified atom stereocenters. The molecule has 2 atom stereocenters. The van der Waals surface area contributed by atoms with Gasteiger partial charge in [0.1, 0.15) is 12.1 Å². The molecule has 1 saturated heterocycles. The molecular formula is C23H30BrN5OS. The van der Waals surface area contributed by atoms with E-state index in [1.807, 2.05) is 0 Å². The number of anilines is 1. The number of hydrogen-bond acceptors (Lipinski definition) is 6. The van der Waals surface area contributed by atoms with Crippen molar-refractivity contribution < 1.29 is 4.79 Å². The predicted octanol–water partition coefficient (Wildman–Crippen LogP) is 3.78. The summed E-state index contributed by atoms with van der Waals surface area (Å²) in [7, 11) is 0. The molecule has 6 nitrogen and oxygen atoms in total. The van der Waals surface area contributed by atoms with Gasteiger partial charge in [0.15, 0.2) is 0 Å². The molecule has 3 aliphatic rings. The number of fused-ring (bicyclic) bond motifs is 1. The predicted molar refractivity (Wildman–Crippen MR) is 128 cm³/mol. The molecule has 1 aliphatic heterocycles. The number of hydrogen-bond donors (Lipinski definition) is 1. The molecule has 1 N–H and O–H groups in total. The molecule has 8 heteroatoms. The summed E-state index contributed by atoms with van der Waals surface area (Å²) in [4.78, 5) is 28.2. The number of aromatic nitrogens is 2. The van der Waals surface area contributed by atoms with Gasteiger partial charge in [-0.25, -0.2) is 9.97 Å². The van der Waals surface area contributed by atoms with Crippen LogP contribution in [0.25, 0.3) is 0 Å². The van der Waals surface area contributed by atoms with Crippen molar-refractivity contribution in [3.63, 3.8) is 0 Å². The van der Waals surface area contributed by atoms with Crippen molar-refractivity contribution in [2.75, 3.05) is 44.2 Å². The number of carbonyl (C=O) groups is 1. The highest BCUT2D eigenvalue weighted by Gasteiger charge is 2.32. The number of halogens is 1. The molecule has 0 aromatic carbocycles. The largest absolute Gasteiger partial charge is 0.353 e. The molecule has 0 spiro atoms. The van der Waals surface area contributed by atoms with Crippen molar-refractivity contribution in [3.8, 4) is 0 Å². The van der Waals surface area contributed by atoms with Crippen LogP contribution < -0.4 is 10.2 Å². The van der Waals surface area contributed by atoms with Crippen molar-refractivity contribution in [2.45, 2.75) is 44.4 Å². The van der Waals surface area contributed by atoms with Gasteiger partial charge in [-0.15, -0.1) is 11.3 Å². The third-order valence-electron chi connectivity index (χ3n) is 6.86. The first-order valence-corrected chi connectivity index (χ1v) is 13.0. The standard InChI is InChI=1S/C23H30BrN5OS/c1-15-2-5-18-21(15)22(27-14-26-18)28-8-10-29(11-9-28)23(30)17(13-25-12-16-3-4-16)19-6-7-20(24)31-19/h6-7,14-17,25H,2-5,8-13H2,1H3. The van der Waals surface area contributed by atoms with Gasteiger partial charge in [0.05, 0.1) is 9.70 Å². The van der Waals surface area contributed by atoms with Crippen molar-refractivity contribution in [3.05, 3.63) is 38.4 Å². The molecule has 0 radical (unpaired) electrons. The zero-order valence-electron chi connectivity index (χ0n) is 18.0. The number of nitrogens with one attached hydrogen (secondary N) is 1. The minimum atomic E-state index is -0.107. The van der Waals surface area contributed by atoms with E-state index >= 15 is 0 Å². The van der Waals surface area contributed by atoms with E-state index in [9.17, 15) is 4.79 Å². The third kappa shape index (κ3) is 4.66. The smallest absolute Gasteiger partial charge is 0.232 e. The monoisotopic (exact) mass is 503 g/mol. The normalized spacial score (nSPS) is 21.9. The molecule has 1 amide bonds. The Kier molecular flexibility index (Phi) is 6.30. The minimum Gasteiger partial charge on any atom is -0.353 e. The second kappa shape index (κ2) is 9.16. The summed E-state index contributed by atoms with van der Waals surface area (Å²) in [6.45, 7) is 7.18. The minimum absolute atomic E-state index is 0.107. The molecule has 166 valence electrons. The van der Waals surface area contributed by atoms with Crippen LogP contribution in [0, 0.1) is 5.92 Å². The van der Waals surface area contributed by atoms with Gasteiger partial charge in [-0.05, 0) is 72.1 Å². The van der Waals surface area contributed by atoms with Gasteiger partial charge in [0.2, 0.25) is 5.91 Å². The lowest BCUT2D eigenvalue weighted by Gasteiger charge is -2.37. The van der Waals surface area contributed by atoms with E-state index in [0.717, 1.165) is 72.5 Å². The van der Waals surface area contributed by atoms with Gasteiger partial charge in [-0.3, -0.25) is 4.79 Å². The fourth-order valence-corrected chi connectivity index (χ4v) is 6.33. The number of carbonyl (C=O) groups excluding carboxylic acids is 1. The van der Waals surface area contributed by atoms with Crippen molar-refractivity contribution in [1.29, 1.82) is 0 Å². The molecular weight excluding hydrogens is 474 g/mol. The van der Waals surface area contributed by atoms with Crippen molar-refractivity contribution >= 4 is 39.0 Å². The quantitative estimate of drug-likeness (QED) is 0.622. The van der Waals surface area contributed by atoms with Crippen LogP contribution in [0.4, 0.5) is 5.82 Å². The fraction of sp³-hybridized carbons (Fsp3) is 0.609. The summed E-state index contributed by atoms with van der Waals surface area (Å²) in [5, 5.41) is 3.56. The molecule has 3 heterocycles. The van der Waals surface area contributed by atoms with Crippen LogP contribution in [-0.2, 0) is 11.2 Å². The Morgan fingerprint density at radius 2 is 2.03 bits per heavy atom. The van der Waals surface area contributed by atoms with Crippen LogP contribution in [0.15, 0.2) is 22.2 Å². The zero-order valence-corrected chi connectivity index (χ0v) is 20.4. The first-order chi connectivity index (χ1) is 15.1. The number of rotatable bonds is 7. The first kappa shape index (κ1) is 21.3. The van der Waals surface area contributed by atoms with E-state index in [0.29, 0.717) is 5.92 Å². The molecule has 2 aliphatic carbocycles. The molecule has 1 saturated carbocycles. The van der Waals surface area contributed by atoms with Gasteiger partial charge >= 0.3 is 0 Å². The molecule has 0 bridgehead atoms. The van der Waals surface area contributed by atoms with Gasteiger partial charge in [-0.2, -0.15) is 0 Å². The topological polar surface area (TPSA) is 61.4 Å².